The molecule has 2 aromatic carbocycles. The summed E-state index contributed by atoms with van der Waals surface area (Å²) >= 11 is 0. The minimum absolute atomic E-state index is 0.186. The van der Waals surface area contributed by atoms with E-state index in [-0.39, 0.29) is 17.9 Å². The lowest BCUT2D eigenvalue weighted by atomic mass is 9.70. The number of amides is 2. The van der Waals surface area contributed by atoms with Crippen LogP contribution in [0, 0.1) is 23.2 Å². The molecule has 1 heterocycles. The van der Waals surface area contributed by atoms with Crippen molar-refractivity contribution in [3.8, 4) is 6.07 Å². The number of nitrogens with one attached hydrogen (secondary N) is 1. The molecule has 2 saturated carbocycles. The van der Waals surface area contributed by atoms with E-state index in [0.717, 1.165) is 61.3 Å². The van der Waals surface area contributed by atoms with Gasteiger partial charge in [-0.2, -0.15) is 5.26 Å². The summed E-state index contributed by atoms with van der Waals surface area (Å²) in [6.45, 7) is 6.86. The summed E-state index contributed by atoms with van der Waals surface area (Å²) in [6, 6.07) is 16.9. The van der Waals surface area contributed by atoms with Gasteiger partial charge in [-0.05, 0) is 92.0 Å². The van der Waals surface area contributed by atoms with Crippen molar-refractivity contribution in [3.05, 3.63) is 59.2 Å². The molecular weight excluding hydrogens is 488 g/mol. The predicted molar refractivity (Wildman–Crippen MR) is 152 cm³/mol. The SMILES string of the molecule is CC(C)OC(=O)Nc1ccc(C2=C(C#N)c3ccc(N4CCN(C(=O)C5CC5)CC4)cc3C2C2CCC2)cc1. The fourth-order valence-corrected chi connectivity index (χ4v) is 6.26. The number of piperazine rings is 1. The van der Waals surface area contributed by atoms with E-state index in [1.54, 1.807) is 0 Å². The van der Waals surface area contributed by atoms with Gasteiger partial charge in [-0.25, -0.2) is 4.79 Å². The number of allylic oxidation sites excluding steroid dienone is 2. The van der Waals surface area contributed by atoms with Gasteiger partial charge in [0.1, 0.15) is 6.07 Å². The Bertz CT molecular complexity index is 1340. The fourth-order valence-electron chi connectivity index (χ4n) is 6.26. The first-order chi connectivity index (χ1) is 18.9. The van der Waals surface area contributed by atoms with Crippen molar-refractivity contribution in [3.63, 3.8) is 0 Å². The molecule has 2 amide bonds. The van der Waals surface area contributed by atoms with Crippen molar-refractivity contribution in [2.24, 2.45) is 11.8 Å². The monoisotopic (exact) mass is 524 g/mol. The van der Waals surface area contributed by atoms with Gasteiger partial charge in [-0.3, -0.25) is 10.1 Å². The molecule has 0 bridgehead atoms. The third-order valence-electron chi connectivity index (χ3n) is 8.62. The largest absolute Gasteiger partial charge is 0.447 e. The Balaban J connectivity index is 1.25. The zero-order valence-electron chi connectivity index (χ0n) is 22.8. The van der Waals surface area contributed by atoms with Crippen LogP contribution in [0.5, 0.6) is 0 Å². The van der Waals surface area contributed by atoms with E-state index in [0.29, 0.717) is 17.5 Å². The van der Waals surface area contributed by atoms with E-state index < -0.39 is 6.09 Å². The van der Waals surface area contributed by atoms with Crippen molar-refractivity contribution in [2.75, 3.05) is 36.4 Å². The number of nitrogens with zero attached hydrogens (tertiary/aromatic N) is 3. The molecule has 39 heavy (non-hydrogen) atoms. The highest BCUT2D eigenvalue weighted by Crippen LogP contribution is 2.55. The average molecular weight is 525 g/mol. The van der Waals surface area contributed by atoms with Crippen LogP contribution in [0.3, 0.4) is 0 Å². The van der Waals surface area contributed by atoms with E-state index >= 15 is 0 Å². The number of carbonyl (C=O) groups excluding carboxylic acids is 2. The molecule has 0 radical (unpaired) electrons. The number of rotatable bonds is 6. The normalized spacial score (nSPS) is 20.9. The Morgan fingerprint density at radius 2 is 1.72 bits per heavy atom. The van der Waals surface area contributed by atoms with Crippen molar-refractivity contribution < 1.29 is 14.3 Å². The Morgan fingerprint density at radius 3 is 2.31 bits per heavy atom. The van der Waals surface area contributed by atoms with Gasteiger partial charge < -0.3 is 14.5 Å². The smallest absolute Gasteiger partial charge is 0.411 e. The molecule has 1 unspecified atom stereocenters. The maximum absolute atomic E-state index is 12.5. The first-order valence-electron chi connectivity index (χ1n) is 14.3. The molecule has 2 aromatic rings. The molecule has 7 heteroatoms. The van der Waals surface area contributed by atoms with Crippen LogP contribution < -0.4 is 10.2 Å². The van der Waals surface area contributed by atoms with E-state index in [9.17, 15) is 14.9 Å². The third-order valence-corrected chi connectivity index (χ3v) is 8.62. The number of benzene rings is 2. The summed E-state index contributed by atoms with van der Waals surface area (Å²) < 4.78 is 5.20. The second-order valence-corrected chi connectivity index (χ2v) is 11.6. The molecule has 1 aliphatic heterocycles. The molecule has 202 valence electrons. The van der Waals surface area contributed by atoms with Crippen molar-refractivity contribution in [1.29, 1.82) is 5.26 Å². The van der Waals surface area contributed by atoms with Gasteiger partial charge >= 0.3 is 6.09 Å². The fraction of sp³-hybridized carbons (Fsp3) is 0.469. The standard InChI is InChI=1S/C32H36N4O3/c1-20(2)39-32(38)34-24-10-8-22(9-11-24)30-28(19-33)26-13-12-25(18-27(26)29(30)21-4-3-5-21)35-14-16-36(17-15-35)31(37)23-6-7-23/h8-13,18,20-21,23,29H,3-7,14-17H2,1-2H3,(H,34,38). The number of carbonyl (C=O) groups is 2. The van der Waals surface area contributed by atoms with Crippen molar-refractivity contribution in [2.45, 2.75) is 58.0 Å². The van der Waals surface area contributed by atoms with Crippen LogP contribution >= 0.6 is 0 Å². The highest BCUT2D eigenvalue weighted by Gasteiger charge is 2.40. The van der Waals surface area contributed by atoms with E-state index in [1.165, 1.54) is 30.5 Å². The molecular formula is C32H36N4O3. The molecule has 1 atom stereocenters. The van der Waals surface area contributed by atoms with Gasteiger partial charge in [0.2, 0.25) is 5.91 Å². The first kappa shape index (κ1) is 25.5. The molecule has 6 rings (SSSR count). The molecule has 7 nitrogen and oxygen atoms in total. The first-order valence-corrected chi connectivity index (χ1v) is 14.3. The summed E-state index contributed by atoms with van der Waals surface area (Å²) in [7, 11) is 0. The highest BCUT2D eigenvalue weighted by molar-refractivity contribution is 6.05. The van der Waals surface area contributed by atoms with Crippen LogP contribution in [-0.4, -0.2) is 49.2 Å². The summed E-state index contributed by atoms with van der Waals surface area (Å²) in [5.41, 5.74) is 7.02. The van der Waals surface area contributed by atoms with Crippen LogP contribution in [0.2, 0.25) is 0 Å². The second kappa shape index (κ2) is 10.4. The number of fused-ring (bicyclic) bond motifs is 1. The van der Waals surface area contributed by atoms with Gasteiger partial charge in [0.25, 0.3) is 0 Å². The topological polar surface area (TPSA) is 85.7 Å². The van der Waals surface area contributed by atoms with E-state index in [1.807, 2.05) is 43.0 Å². The second-order valence-electron chi connectivity index (χ2n) is 11.6. The average Bonchev–Trinajstić information content (AvgIpc) is 3.70. The highest BCUT2D eigenvalue weighted by atomic mass is 16.6. The minimum atomic E-state index is -0.472. The number of ether oxygens (including phenoxy) is 1. The van der Waals surface area contributed by atoms with Gasteiger partial charge in [-0.15, -0.1) is 0 Å². The lowest BCUT2D eigenvalue weighted by Crippen LogP contribution is -2.49. The number of hydrogen-bond acceptors (Lipinski definition) is 5. The number of anilines is 2. The Morgan fingerprint density at radius 1 is 1.00 bits per heavy atom. The van der Waals surface area contributed by atoms with Gasteiger partial charge in [0.05, 0.1) is 11.7 Å². The van der Waals surface area contributed by atoms with Gasteiger partial charge in [0.15, 0.2) is 0 Å². The molecule has 1 saturated heterocycles. The predicted octanol–water partition coefficient (Wildman–Crippen LogP) is 6.03. The zero-order chi connectivity index (χ0) is 27.1. The van der Waals surface area contributed by atoms with Crippen molar-refractivity contribution >= 4 is 34.5 Å². The van der Waals surface area contributed by atoms with Crippen LogP contribution in [0.25, 0.3) is 11.1 Å². The zero-order valence-corrected chi connectivity index (χ0v) is 22.8. The van der Waals surface area contributed by atoms with Crippen LogP contribution in [0.1, 0.15) is 68.6 Å². The third kappa shape index (κ3) is 5.01. The molecule has 1 N–H and O–H groups in total. The van der Waals surface area contributed by atoms with Crippen LogP contribution in [0.4, 0.5) is 16.2 Å². The van der Waals surface area contributed by atoms with Crippen LogP contribution in [-0.2, 0) is 9.53 Å². The maximum atomic E-state index is 12.5. The molecule has 0 spiro atoms. The van der Waals surface area contributed by atoms with E-state index in [2.05, 4.69) is 34.5 Å². The van der Waals surface area contributed by atoms with E-state index in [4.69, 9.17) is 4.74 Å². The van der Waals surface area contributed by atoms with Crippen molar-refractivity contribution in [1.82, 2.24) is 4.90 Å². The summed E-state index contributed by atoms with van der Waals surface area (Å²) in [6.07, 6.45) is 4.99. The molecule has 3 aliphatic carbocycles. The number of nitriles is 1. The lowest BCUT2D eigenvalue weighted by molar-refractivity contribution is -0.132. The van der Waals surface area contributed by atoms with Gasteiger partial charge in [0, 0.05) is 49.4 Å². The number of hydrogen-bond donors (Lipinski definition) is 1. The lowest BCUT2D eigenvalue weighted by Gasteiger charge is -2.37. The maximum Gasteiger partial charge on any atom is 0.411 e. The Kier molecular flexibility index (Phi) is 6.80. The Hall–Kier alpha value is -3.79. The summed E-state index contributed by atoms with van der Waals surface area (Å²) in [4.78, 5) is 29.0. The van der Waals surface area contributed by atoms with Gasteiger partial charge in [-0.1, -0.05) is 24.6 Å². The Labute approximate surface area is 230 Å². The quantitative estimate of drug-likeness (QED) is 0.498. The summed E-state index contributed by atoms with van der Waals surface area (Å²) in [5.74, 6) is 1.31. The minimum Gasteiger partial charge on any atom is -0.447 e. The van der Waals surface area contributed by atoms with Crippen LogP contribution in [0.15, 0.2) is 42.5 Å². The summed E-state index contributed by atoms with van der Waals surface area (Å²) in [5, 5.41) is 13.1. The molecule has 0 aromatic heterocycles. The molecule has 4 aliphatic rings. The molecule has 3 fully saturated rings.